The molecule has 0 saturated carbocycles. The maximum Gasteiger partial charge on any atom is 0.328 e. The number of ether oxygens (including phenoxy) is 1. The minimum Gasteiger partial charge on any atom is -0.487 e. The predicted octanol–water partition coefficient (Wildman–Crippen LogP) is 3.55. The maximum atomic E-state index is 13.5. The Hall–Kier alpha value is -2.40. The minimum absolute atomic E-state index is 0.0506. The Morgan fingerprint density at radius 1 is 1.38 bits per heavy atom. The van der Waals surface area contributed by atoms with Gasteiger partial charge < -0.3 is 9.84 Å². The molecule has 0 fully saturated rings. The number of nitrogens with zero attached hydrogens (tertiary/aromatic N) is 1. The van der Waals surface area contributed by atoms with Crippen molar-refractivity contribution in [2.45, 2.75) is 6.61 Å². The minimum atomic E-state index is -1.05. The molecule has 4 nitrogen and oxygen atoms in total. The first-order chi connectivity index (χ1) is 10.0. The average molecular weight is 308 g/mol. The first-order valence-electron chi connectivity index (χ1n) is 5.98. The fourth-order valence-electron chi connectivity index (χ4n) is 1.53. The summed E-state index contributed by atoms with van der Waals surface area (Å²) in [5.74, 6) is -1.02. The van der Waals surface area contributed by atoms with Crippen molar-refractivity contribution < 1.29 is 19.0 Å². The molecule has 21 heavy (non-hydrogen) atoms. The standard InChI is InChI=1S/C15H11ClFNO3/c16-11-2-1-10(14(17)7-11)9-21-13-5-3-12(18-8-13)4-6-15(19)20/h1-8H,9H2,(H,19,20)/b6-4+. The summed E-state index contributed by atoms with van der Waals surface area (Å²) in [7, 11) is 0. The van der Waals surface area contributed by atoms with Crippen molar-refractivity contribution in [3.8, 4) is 5.75 Å². The second-order valence-corrected chi connectivity index (χ2v) is 4.55. The second kappa shape index (κ2) is 6.85. The zero-order chi connectivity index (χ0) is 15.2. The van der Waals surface area contributed by atoms with Crippen LogP contribution in [0.5, 0.6) is 5.75 Å². The van der Waals surface area contributed by atoms with E-state index in [1.165, 1.54) is 18.3 Å². The van der Waals surface area contributed by atoms with E-state index in [0.29, 0.717) is 22.0 Å². The summed E-state index contributed by atoms with van der Waals surface area (Å²) in [6.07, 6.45) is 3.80. The van der Waals surface area contributed by atoms with Crippen LogP contribution in [0, 0.1) is 5.82 Å². The molecule has 0 radical (unpaired) electrons. The quantitative estimate of drug-likeness (QED) is 0.858. The molecule has 1 aromatic heterocycles. The fourth-order valence-corrected chi connectivity index (χ4v) is 1.69. The number of hydrogen-bond acceptors (Lipinski definition) is 3. The molecule has 0 aliphatic heterocycles. The zero-order valence-electron chi connectivity index (χ0n) is 10.8. The molecule has 0 saturated heterocycles. The van der Waals surface area contributed by atoms with Gasteiger partial charge in [0.25, 0.3) is 0 Å². The number of benzene rings is 1. The van der Waals surface area contributed by atoms with Gasteiger partial charge in [-0.05, 0) is 30.3 Å². The van der Waals surface area contributed by atoms with Crippen LogP contribution in [0.1, 0.15) is 11.3 Å². The molecule has 108 valence electrons. The Morgan fingerprint density at radius 2 is 2.19 bits per heavy atom. The summed E-state index contributed by atoms with van der Waals surface area (Å²) in [5.41, 5.74) is 0.872. The van der Waals surface area contributed by atoms with Crippen LogP contribution >= 0.6 is 11.6 Å². The Balaban J connectivity index is 1.99. The van der Waals surface area contributed by atoms with Crippen LogP contribution in [0.2, 0.25) is 5.02 Å². The highest BCUT2D eigenvalue weighted by molar-refractivity contribution is 6.30. The van der Waals surface area contributed by atoms with Crippen LogP contribution in [-0.4, -0.2) is 16.1 Å². The van der Waals surface area contributed by atoms with Crippen molar-refractivity contribution in [2.75, 3.05) is 0 Å². The molecule has 0 aliphatic carbocycles. The van der Waals surface area contributed by atoms with E-state index in [4.69, 9.17) is 21.4 Å². The van der Waals surface area contributed by atoms with Gasteiger partial charge in [-0.3, -0.25) is 4.98 Å². The molecule has 6 heteroatoms. The summed E-state index contributed by atoms with van der Waals surface area (Å²) in [6, 6.07) is 7.59. The third-order valence-corrected chi connectivity index (χ3v) is 2.80. The van der Waals surface area contributed by atoms with Gasteiger partial charge >= 0.3 is 5.97 Å². The lowest BCUT2D eigenvalue weighted by molar-refractivity contribution is -0.131. The molecule has 0 aliphatic rings. The topological polar surface area (TPSA) is 59.4 Å². The number of carbonyl (C=O) groups is 1. The SMILES string of the molecule is O=C(O)/C=C/c1ccc(OCc2ccc(Cl)cc2F)cn1. The number of pyridine rings is 1. The molecule has 0 unspecified atom stereocenters. The number of aromatic nitrogens is 1. The van der Waals surface area contributed by atoms with E-state index < -0.39 is 11.8 Å². The molecular formula is C15H11ClFNO3. The molecule has 0 atom stereocenters. The van der Waals surface area contributed by atoms with Crippen LogP contribution in [0.15, 0.2) is 42.6 Å². The maximum absolute atomic E-state index is 13.5. The van der Waals surface area contributed by atoms with Gasteiger partial charge in [0.2, 0.25) is 0 Å². The molecule has 2 aromatic rings. The van der Waals surface area contributed by atoms with Gasteiger partial charge in [-0.2, -0.15) is 0 Å². The van der Waals surface area contributed by atoms with Gasteiger partial charge in [0, 0.05) is 16.7 Å². The van der Waals surface area contributed by atoms with E-state index in [1.54, 1.807) is 24.3 Å². The molecule has 1 N–H and O–H groups in total. The summed E-state index contributed by atoms with van der Waals surface area (Å²) in [5, 5.41) is 8.83. The molecule has 1 heterocycles. The van der Waals surface area contributed by atoms with E-state index in [2.05, 4.69) is 4.98 Å². The summed E-state index contributed by atoms with van der Waals surface area (Å²) >= 11 is 5.66. The zero-order valence-corrected chi connectivity index (χ0v) is 11.5. The molecule has 1 aromatic carbocycles. The van der Waals surface area contributed by atoms with Crippen LogP contribution < -0.4 is 4.74 Å². The number of aliphatic carboxylic acids is 1. The molecule has 0 spiro atoms. The number of hydrogen-bond donors (Lipinski definition) is 1. The highest BCUT2D eigenvalue weighted by Gasteiger charge is 2.04. The van der Waals surface area contributed by atoms with Gasteiger partial charge in [-0.25, -0.2) is 9.18 Å². The number of rotatable bonds is 5. The normalized spacial score (nSPS) is 10.8. The van der Waals surface area contributed by atoms with Gasteiger partial charge in [0.15, 0.2) is 0 Å². The lowest BCUT2D eigenvalue weighted by atomic mass is 10.2. The smallest absolute Gasteiger partial charge is 0.328 e. The Bertz CT molecular complexity index is 671. The summed E-state index contributed by atoms with van der Waals surface area (Å²) in [6.45, 7) is 0.0506. The van der Waals surface area contributed by atoms with E-state index in [1.807, 2.05) is 0 Å². The van der Waals surface area contributed by atoms with Crippen LogP contribution in [0.4, 0.5) is 4.39 Å². The van der Waals surface area contributed by atoms with E-state index >= 15 is 0 Å². The largest absolute Gasteiger partial charge is 0.487 e. The number of halogens is 2. The first kappa shape index (κ1) is 15.0. The lowest BCUT2D eigenvalue weighted by Crippen LogP contribution is -1.99. The monoisotopic (exact) mass is 307 g/mol. The molecule has 2 rings (SSSR count). The van der Waals surface area contributed by atoms with Gasteiger partial charge in [-0.15, -0.1) is 0 Å². The van der Waals surface area contributed by atoms with E-state index in [9.17, 15) is 9.18 Å². The highest BCUT2D eigenvalue weighted by Crippen LogP contribution is 2.17. The third-order valence-electron chi connectivity index (χ3n) is 2.57. The Morgan fingerprint density at radius 3 is 2.81 bits per heavy atom. The van der Waals surface area contributed by atoms with E-state index in [-0.39, 0.29) is 6.61 Å². The number of carboxylic acid groups (broad SMARTS) is 1. The first-order valence-corrected chi connectivity index (χ1v) is 6.36. The predicted molar refractivity (Wildman–Crippen MR) is 76.6 cm³/mol. The lowest BCUT2D eigenvalue weighted by Gasteiger charge is -2.07. The van der Waals surface area contributed by atoms with Gasteiger partial charge in [0.1, 0.15) is 18.2 Å². The van der Waals surface area contributed by atoms with Crippen molar-refractivity contribution >= 4 is 23.6 Å². The van der Waals surface area contributed by atoms with Crippen molar-refractivity contribution in [2.24, 2.45) is 0 Å². The molecular weight excluding hydrogens is 297 g/mol. The molecule has 0 bridgehead atoms. The molecule has 0 amide bonds. The summed E-state index contributed by atoms with van der Waals surface area (Å²) in [4.78, 5) is 14.4. The fraction of sp³-hybridized carbons (Fsp3) is 0.0667. The highest BCUT2D eigenvalue weighted by atomic mass is 35.5. The number of carboxylic acids is 1. The van der Waals surface area contributed by atoms with Crippen molar-refractivity contribution in [1.29, 1.82) is 0 Å². The second-order valence-electron chi connectivity index (χ2n) is 4.11. The van der Waals surface area contributed by atoms with Crippen LogP contribution in [0.25, 0.3) is 6.08 Å². The van der Waals surface area contributed by atoms with Crippen LogP contribution in [-0.2, 0) is 11.4 Å². The van der Waals surface area contributed by atoms with E-state index in [0.717, 1.165) is 6.08 Å². The van der Waals surface area contributed by atoms with Crippen molar-refractivity contribution in [1.82, 2.24) is 4.98 Å². The summed E-state index contributed by atoms with van der Waals surface area (Å²) < 4.78 is 19.0. The van der Waals surface area contributed by atoms with Gasteiger partial charge in [-0.1, -0.05) is 17.7 Å². The average Bonchev–Trinajstić information content (AvgIpc) is 2.45. The van der Waals surface area contributed by atoms with Gasteiger partial charge in [0.05, 0.1) is 11.9 Å². The Kier molecular flexibility index (Phi) is 4.90. The third kappa shape index (κ3) is 4.57. The van der Waals surface area contributed by atoms with Crippen molar-refractivity contribution in [3.63, 3.8) is 0 Å². The van der Waals surface area contributed by atoms with Crippen molar-refractivity contribution in [3.05, 3.63) is 64.7 Å². The Labute approximate surface area is 125 Å². The van der Waals surface area contributed by atoms with Crippen LogP contribution in [0.3, 0.4) is 0 Å².